The van der Waals surface area contributed by atoms with Gasteiger partial charge < -0.3 is 0 Å². The SMILES string of the molecule is CCc1cc(C=O)c(SC(=O)c2ccc([N+](=O)[O-])cc2)s1. The first-order chi connectivity index (χ1) is 10.0. The van der Waals surface area contributed by atoms with E-state index in [4.69, 9.17) is 0 Å². The number of nitrogens with zero attached hydrogens (tertiary/aromatic N) is 1. The van der Waals surface area contributed by atoms with Gasteiger partial charge in [-0.1, -0.05) is 6.92 Å². The van der Waals surface area contributed by atoms with Gasteiger partial charge in [-0.2, -0.15) is 0 Å². The molecule has 1 aromatic heterocycles. The Morgan fingerprint density at radius 3 is 2.57 bits per heavy atom. The van der Waals surface area contributed by atoms with Crippen LogP contribution >= 0.6 is 23.1 Å². The Labute approximate surface area is 129 Å². The summed E-state index contributed by atoms with van der Waals surface area (Å²) in [6.07, 6.45) is 1.54. The van der Waals surface area contributed by atoms with Crippen molar-refractivity contribution in [2.75, 3.05) is 0 Å². The molecule has 0 atom stereocenters. The molecule has 0 aliphatic rings. The number of hydrogen-bond donors (Lipinski definition) is 0. The molecule has 2 rings (SSSR count). The van der Waals surface area contributed by atoms with Gasteiger partial charge in [0.25, 0.3) is 5.69 Å². The summed E-state index contributed by atoms with van der Waals surface area (Å²) in [5.74, 6) is 0. The number of nitro benzene ring substituents is 1. The lowest BCUT2D eigenvalue weighted by atomic mass is 10.2. The van der Waals surface area contributed by atoms with Crippen molar-refractivity contribution < 1.29 is 14.5 Å². The smallest absolute Gasteiger partial charge is 0.269 e. The average molecular weight is 321 g/mol. The Kier molecular flexibility index (Phi) is 4.87. The van der Waals surface area contributed by atoms with Gasteiger partial charge in [0.2, 0.25) is 5.12 Å². The number of benzene rings is 1. The van der Waals surface area contributed by atoms with E-state index in [2.05, 4.69) is 0 Å². The highest BCUT2D eigenvalue weighted by Crippen LogP contribution is 2.33. The Bertz CT molecular complexity index is 691. The molecule has 0 unspecified atom stereocenters. The number of aldehydes is 1. The van der Waals surface area contributed by atoms with Gasteiger partial charge in [0.15, 0.2) is 6.29 Å². The molecule has 108 valence electrons. The minimum Gasteiger partial charge on any atom is -0.298 e. The van der Waals surface area contributed by atoms with Crippen molar-refractivity contribution >= 4 is 40.2 Å². The molecule has 0 bridgehead atoms. The number of hydrogen-bond acceptors (Lipinski definition) is 6. The molecule has 1 aromatic carbocycles. The molecule has 0 saturated heterocycles. The topological polar surface area (TPSA) is 77.3 Å². The van der Waals surface area contributed by atoms with Crippen molar-refractivity contribution in [3.63, 3.8) is 0 Å². The van der Waals surface area contributed by atoms with E-state index in [0.717, 1.165) is 29.3 Å². The van der Waals surface area contributed by atoms with Crippen LogP contribution in [0.2, 0.25) is 0 Å². The highest BCUT2D eigenvalue weighted by molar-refractivity contribution is 8.15. The van der Waals surface area contributed by atoms with Crippen molar-refractivity contribution in [2.45, 2.75) is 17.6 Å². The number of carbonyl (C=O) groups is 2. The minimum absolute atomic E-state index is 0.0606. The molecule has 2 aromatic rings. The monoisotopic (exact) mass is 321 g/mol. The van der Waals surface area contributed by atoms with Crippen LogP contribution in [0.15, 0.2) is 34.5 Å². The van der Waals surface area contributed by atoms with Gasteiger partial charge in [0, 0.05) is 28.1 Å². The second-order valence-electron chi connectivity index (χ2n) is 4.12. The van der Waals surface area contributed by atoms with Crippen LogP contribution in [0, 0.1) is 10.1 Å². The molecule has 0 fully saturated rings. The Morgan fingerprint density at radius 1 is 1.38 bits per heavy atom. The first kappa shape index (κ1) is 15.4. The lowest BCUT2D eigenvalue weighted by Crippen LogP contribution is -1.94. The normalized spacial score (nSPS) is 10.3. The number of rotatable bonds is 5. The van der Waals surface area contributed by atoms with Crippen LogP contribution in [0.3, 0.4) is 0 Å². The van der Waals surface area contributed by atoms with Crippen LogP contribution in [0.4, 0.5) is 5.69 Å². The lowest BCUT2D eigenvalue weighted by Gasteiger charge is -1.99. The van der Waals surface area contributed by atoms with E-state index < -0.39 is 4.92 Å². The zero-order chi connectivity index (χ0) is 15.4. The zero-order valence-corrected chi connectivity index (χ0v) is 12.7. The Hall–Kier alpha value is -1.99. The zero-order valence-electron chi connectivity index (χ0n) is 11.1. The maximum atomic E-state index is 12.1. The van der Waals surface area contributed by atoms with Gasteiger partial charge in [-0.3, -0.25) is 19.7 Å². The van der Waals surface area contributed by atoms with Gasteiger partial charge in [-0.05, 0) is 36.4 Å². The molecule has 0 spiro atoms. The molecule has 5 nitrogen and oxygen atoms in total. The van der Waals surface area contributed by atoms with Gasteiger partial charge in [0.05, 0.1) is 9.13 Å². The summed E-state index contributed by atoms with van der Waals surface area (Å²) in [5.41, 5.74) is 0.820. The Balaban J connectivity index is 2.19. The predicted octanol–water partition coefficient (Wildman–Crippen LogP) is 3.96. The van der Waals surface area contributed by atoms with E-state index in [1.54, 1.807) is 6.07 Å². The summed E-state index contributed by atoms with van der Waals surface area (Å²) in [7, 11) is 0. The summed E-state index contributed by atoms with van der Waals surface area (Å²) in [4.78, 5) is 34.2. The van der Waals surface area contributed by atoms with Crippen molar-refractivity contribution in [2.24, 2.45) is 0 Å². The number of non-ortho nitro benzene ring substituents is 1. The largest absolute Gasteiger partial charge is 0.298 e. The van der Waals surface area contributed by atoms with Crippen LogP contribution < -0.4 is 0 Å². The molecular weight excluding hydrogens is 310 g/mol. The highest BCUT2D eigenvalue weighted by atomic mass is 32.2. The summed E-state index contributed by atoms with van der Waals surface area (Å²) in [6, 6.07) is 7.20. The van der Waals surface area contributed by atoms with Crippen LogP contribution in [0.5, 0.6) is 0 Å². The van der Waals surface area contributed by atoms with E-state index in [1.807, 2.05) is 6.92 Å². The molecule has 0 aliphatic heterocycles. The maximum Gasteiger partial charge on any atom is 0.269 e. The molecule has 0 amide bonds. The predicted molar refractivity (Wildman–Crippen MR) is 82.4 cm³/mol. The number of carbonyl (C=O) groups excluding carboxylic acids is 2. The lowest BCUT2D eigenvalue weighted by molar-refractivity contribution is -0.384. The molecule has 21 heavy (non-hydrogen) atoms. The third-order valence-electron chi connectivity index (χ3n) is 2.75. The van der Waals surface area contributed by atoms with E-state index in [1.165, 1.54) is 35.6 Å². The first-order valence-corrected chi connectivity index (χ1v) is 7.73. The highest BCUT2D eigenvalue weighted by Gasteiger charge is 2.15. The molecular formula is C14H11NO4S2. The van der Waals surface area contributed by atoms with Crippen LogP contribution in [0.25, 0.3) is 0 Å². The first-order valence-electron chi connectivity index (χ1n) is 6.09. The molecule has 0 N–H and O–H groups in total. The fourth-order valence-corrected chi connectivity index (χ4v) is 3.79. The second-order valence-corrected chi connectivity index (χ2v) is 6.50. The molecule has 7 heteroatoms. The van der Waals surface area contributed by atoms with E-state index in [9.17, 15) is 19.7 Å². The van der Waals surface area contributed by atoms with Crippen molar-refractivity contribution in [1.29, 1.82) is 0 Å². The van der Waals surface area contributed by atoms with Gasteiger partial charge >= 0.3 is 0 Å². The number of thioether (sulfide) groups is 1. The van der Waals surface area contributed by atoms with Crippen LogP contribution in [0.1, 0.15) is 32.5 Å². The number of aryl methyl sites for hydroxylation is 1. The van der Waals surface area contributed by atoms with Crippen molar-refractivity contribution in [1.82, 2.24) is 0 Å². The standard InChI is InChI=1S/C14H11NO4S2/c1-2-12-7-10(8-16)14(20-12)21-13(17)9-3-5-11(6-4-9)15(18)19/h3-8H,2H2,1H3. The van der Waals surface area contributed by atoms with Crippen molar-refractivity contribution in [3.8, 4) is 0 Å². The number of thiophene rings is 1. The Morgan fingerprint density at radius 2 is 2.05 bits per heavy atom. The molecule has 1 heterocycles. The average Bonchev–Trinajstić information content (AvgIpc) is 2.89. The summed E-state index contributed by atoms with van der Waals surface area (Å²) >= 11 is 2.39. The van der Waals surface area contributed by atoms with Gasteiger partial charge in [-0.15, -0.1) is 11.3 Å². The number of nitro groups is 1. The summed E-state index contributed by atoms with van der Waals surface area (Å²) in [5, 5.41) is 10.3. The molecule has 0 radical (unpaired) electrons. The van der Waals surface area contributed by atoms with Gasteiger partial charge in [0.1, 0.15) is 0 Å². The fraction of sp³-hybridized carbons (Fsp3) is 0.143. The second kappa shape index (κ2) is 6.64. The fourth-order valence-electron chi connectivity index (χ4n) is 1.64. The molecule has 0 saturated carbocycles. The van der Waals surface area contributed by atoms with E-state index >= 15 is 0 Å². The van der Waals surface area contributed by atoms with Crippen LogP contribution in [-0.4, -0.2) is 16.3 Å². The third-order valence-corrected chi connectivity index (χ3v) is 5.18. The molecule has 0 aliphatic carbocycles. The summed E-state index contributed by atoms with van der Waals surface area (Å²) < 4.78 is 0.658. The maximum absolute atomic E-state index is 12.1. The minimum atomic E-state index is -0.515. The van der Waals surface area contributed by atoms with E-state index in [0.29, 0.717) is 15.3 Å². The quantitative estimate of drug-likeness (QED) is 0.360. The van der Waals surface area contributed by atoms with Crippen LogP contribution in [-0.2, 0) is 6.42 Å². The van der Waals surface area contributed by atoms with Gasteiger partial charge in [-0.25, -0.2) is 0 Å². The van der Waals surface area contributed by atoms with Crippen molar-refractivity contribution in [3.05, 3.63) is 56.5 Å². The van der Waals surface area contributed by atoms with E-state index in [-0.39, 0.29) is 10.8 Å². The summed E-state index contributed by atoms with van der Waals surface area (Å²) in [6.45, 7) is 1.98. The third kappa shape index (κ3) is 3.56.